The molecule has 0 saturated carbocycles. The molecule has 2 amide bonds. The number of amides is 2. The second-order valence-corrected chi connectivity index (χ2v) is 9.28. The van der Waals surface area contributed by atoms with E-state index in [9.17, 15) is 14.7 Å². The number of fused-ring (bicyclic) bond motifs is 2. The average molecular weight is 434 g/mol. The van der Waals surface area contributed by atoms with Crippen LogP contribution < -0.4 is 10.2 Å². The lowest BCUT2D eigenvalue weighted by Gasteiger charge is -2.42. The molecule has 6 nitrogen and oxygen atoms in total. The first-order valence-corrected chi connectivity index (χ1v) is 11.7. The third-order valence-electron chi connectivity index (χ3n) is 7.52. The van der Waals surface area contributed by atoms with Crippen molar-refractivity contribution in [2.24, 2.45) is 0 Å². The molecule has 6 heteroatoms. The van der Waals surface area contributed by atoms with E-state index >= 15 is 0 Å². The van der Waals surface area contributed by atoms with Gasteiger partial charge >= 0.3 is 0 Å². The maximum absolute atomic E-state index is 13.5. The van der Waals surface area contributed by atoms with Crippen LogP contribution in [0.4, 0.5) is 5.69 Å². The van der Waals surface area contributed by atoms with Crippen molar-refractivity contribution in [3.8, 4) is 0 Å². The molecule has 168 valence electrons. The molecule has 1 fully saturated rings. The Morgan fingerprint density at radius 2 is 1.81 bits per heavy atom. The van der Waals surface area contributed by atoms with Gasteiger partial charge in [-0.15, -0.1) is 0 Å². The summed E-state index contributed by atoms with van der Waals surface area (Å²) < 4.78 is 0. The lowest BCUT2D eigenvalue weighted by molar-refractivity contribution is -0.143. The van der Waals surface area contributed by atoms with Crippen molar-refractivity contribution in [2.45, 2.75) is 56.2 Å². The number of para-hydroxylation sites is 1. The van der Waals surface area contributed by atoms with Crippen LogP contribution in [-0.2, 0) is 21.6 Å². The zero-order valence-corrected chi connectivity index (χ0v) is 18.6. The number of aliphatic hydroxyl groups is 1. The van der Waals surface area contributed by atoms with Gasteiger partial charge in [-0.3, -0.25) is 14.5 Å². The number of rotatable bonds is 4. The minimum Gasteiger partial charge on any atom is -0.375 e. The van der Waals surface area contributed by atoms with E-state index in [1.54, 1.807) is 11.0 Å². The maximum Gasteiger partial charge on any atom is 0.264 e. The predicted molar refractivity (Wildman–Crippen MR) is 123 cm³/mol. The molecule has 2 aromatic carbocycles. The van der Waals surface area contributed by atoms with E-state index in [4.69, 9.17) is 0 Å². The highest BCUT2D eigenvalue weighted by Gasteiger charge is 2.52. The van der Waals surface area contributed by atoms with Crippen LogP contribution in [0.1, 0.15) is 54.8 Å². The van der Waals surface area contributed by atoms with Crippen LogP contribution in [0.5, 0.6) is 0 Å². The van der Waals surface area contributed by atoms with Crippen molar-refractivity contribution in [3.05, 3.63) is 65.2 Å². The Kier molecular flexibility index (Phi) is 5.51. The van der Waals surface area contributed by atoms with Gasteiger partial charge in [0, 0.05) is 37.8 Å². The van der Waals surface area contributed by atoms with Gasteiger partial charge in [0.2, 0.25) is 5.91 Å². The fraction of sp³-hybridized carbons (Fsp3) is 0.462. The second kappa shape index (κ2) is 8.34. The van der Waals surface area contributed by atoms with Gasteiger partial charge in [-0.2, -0.15) is 0 Å². The summed E-state index contributed by atoms with van der Waals surface area (Å²) >= 11 is 0. The third-order valence-corrected chi connectivity index (χ3v) is 7.52. The first-order valence-electron chi connectivity index (χ1n) is 11.7. The number of piperidine rings is 1. The van der Waals surface area contributed by atoms with Crippen molar-refractivity contribution < 1.29 is 14.7 Å². The standard InChI is InChI=1S/C26H31N3O3/c1-27-24(30)17-26(32)21-10-4-5-11-23(21)29(25(26)31)19-13-15-28(16-14-19)22-12-6-8-18-7-2-3-9-20(18)22/h2-5,7,9-11,19,22,32H,6,8,12-17H2,1H3,(H,27,30). The molecule has 0 spiro atoms. The van der Waals surface area contributed by atoms with Gasteiger partial charge < -0.3 is 15.3 Å². The molecule has 2 unspecified atom stereocenters. The smallest absolute Gasteiger partial charge is 0.264 e. The van der Waals surface area contributed by atoms with Gasteiger partial charge in [0.25, 0.3) is 5.91 Å². The number of benzene rings is 2. The van der Waals surface area contributed by atoms with Gasteiger partial charge in [-0.05, 0) is 49.3 Å². The molecule has 2 heterocycles. The summed E-state index contributed by atoms with van der Waals surface area (Å²) in [6.45, 7) is 1.84. The third kappa shape index (κ3) is 3.42. The number of likely N-dealkylation sites (tertiary alicyclic amines) is 1. The number of hydrogen-bond acceptors (Lipinski definition) is 4. The summed E-state index contributed by atoms with van der Waals surface area (Å²) in [5.41, 5.74) is 2.41. The molecule has 0 bridgehead atoms. The molecular formula is C26H31N3O3. The number of anilines is 1. The van der Waals surface area contributed by atoms with E-state index in [1.165, 1.54) is 31.0 Å². The van der Waals surface area contributed by atoms with Gasteiger partial charge in [0.1, 0.15) is 0 Å². The number of nitrogens with zero attached hydrogens (tertiary/aromatic N) is 2. The Balaban J connectivity index is 1.35. The molecule has 2 aliphatic heterocycles. The molecule has 3 aliphatic rings. The Morgan fingerprint density at radius 1 is 1.09 bits per heavy atom. The van der Waals surface area contributed by atoms with Gasteiger partial charge in [-0.1, -0.05) is 42.5 Å². The number of carbonyl (C=O) groups excluding carboxylic acids is 2. The van der Waals surface area contributed by atoms with E-state index in [0.29, 0.717) is 11.6 Å². The predicted octanol–water partition coefficient (Wildman–Crippen LogP) is 2.90. The Hall–Kier alpha value is -2.70. The van der Waals surface area contributed by atoms with Crippen molar-refractivity contribution in [3.63, 3.8) is 0 Å². The normalized spacial score (nSPS) is 26.0. The van der Waals surface area contributed by atoms with E-state index < -0.39 is 5.60 Å². The van der Waals surface area contributed by atoms with Gasteiger partial charge in [0.15, 0.2) is 5.60 Å². The monoisotopic (exact) mass is 433 g/mol. The number of nitrogens with one attached hydrogen (secondary N) is 1. The SMILES string of the molecule is CNC(=O)CC1(O)C(=O)N(C2CCN(C3CCCc4ccccc43)CC2)c2ccccc21. The summed E-state index contributed by atoms with van der Waals surface area (Å²) in [5.74, 6) is -0.716. The Labute approximate surface area is 189 Å². The number of aryl methyl sites for hydroxylation is 1. The highest BCUT2D eigenvalue weighted by Crippen LogP contribution is 2.45. The number of carbonyl (C=O) groups is 2. The fourth-order valence-corrected chi connectivity index (χ4v) is 5.87. The minimum atomic E-state index is -1.80. The molecule has 0 aromatic heterocycles. The van der Waals surface area contributed by atoms with Gasteiger partial charge in [-0.25, -0.2) is 0 Å². The molecule has 2 N–H and O–H groups in total. The van der Waals surface area contributed by atoms with Crippen LogP contribution in [0.15, 0.2) is 48.5 Å². The van der Waals surface area contributed by atoms with Crippen LogP contribution in [-0.4, -0.2) is 48.0 Å². The highest BCUT2D eigenvalue weighted by molar-refractivity contribution is 6.09. The van der Waals surface area contributed by atoms with Gasteiger partial charge in [0.05, 0.1) is 12.1 Å². The molecule has 2 atom stereocenters. The lowest BCUT2D eigenvalue weighted by atomic mass is 9.85. The van der Waals surface area contributed by atoms with Crippen molar-refractivity contribution in [2.75, 3.05) is 25.0 Å². The minimum absolute atomic E-state index is 0.0254. The summed E-state index contributed by atoms with van der Waals surface area (Å²) in [6, 6.07) is 16.6. The highest BCUT2D eigenvalue weighted by atomic mass is 16.3. The number of hydrogen-bond donors (Lipinski definition) is 2. The molecular weight excluding hydrogens is 402 g/mol. The Morgan fingerprint density at radius 3 is 2.59 bits per heavy atom. The summed E-state index contributed by atoms with van der Waals surface area (Å²) in [4.78, 5) is 29.9. The van der Waals surface area contributed by atoms with Crippen LogP contribution in [0, 0.1) is 0 Å². The first-order chi connectivity index (χ1) is 15.5. The first kappa shape index (κ1) is 21.2. The largest absolute Gasteiger partial charge is 0.375 e. The average Bonchev–Trinajstić information content (AvgIpc) is 3.05. The Bertz CT molecular complexity index is 1030. The van der Waals surface area contributed by atoms with Crippen molar-refractivity contribution in [1.82, 2.24) is 10.2 Å². The molecule has 2 aromatic rings. The molecule has 1 saturated heterocycles. The summed E-state index contributed by atoms with van der Waals surface area (Å²) in [7, 11) is 1.52. The van der Waals surface area contributed by atoms with Crippen molar-refractivity contribution in [1.29, 1.82) is 0 Å². The second-order valence-electron chi connectivity index (χ2n) is 9.28. The molecule has 0 radical (unpaired) electrons. The van der Waals surface area contributed by atoms with Crippen LogP contribution in [0.3, 0.4) is 0 Å². The zero-order chi connectivity index (χ0) is 22.3. The van der Waals surface area contributed by atoms with Crippen LogP contribution in [0.2, 0.25) is 0 Å². The summed E-state index contributed by atoms with van der Waals surface area (Å²) in [6.07, 6.45) is 5.01. The molecule has 5 rings (SSSR count). The van der Waals surface area contributed by atoms with E-state index in [0.717, 1.165) is 38.0 Å². The fourth-order valence-electron chi connectivity index (χ4n) is 5.87. The van der Waals surface area contributed by atoms with Crippen LogP contribution >= 0.6 is 0 Å². The quantitative estimate of drug-likeness (QED) is 0.778. The maximum atomic E-state index is 13.5. The van der Waals surface area contributed by atoms with E-state index in [-0.39, 0.29) is 24.3 Å². The van der Waals surface area contributed by atoms with Crippen molar-refractivity contribution >= 4 is 17.5 Å². The summed E-state index contributed by atoms with van der Waals surface area (Å²) in [5, 5.41) is 13.9. The van der Waals surface area contributed by atoms with Crippen LogP contribution in [0.25, 0.3) is 0 Å². The zero-order valence-electron chi connectivity index (χ0n) is 18.6. The topological polar surface area (TPSA) is 72.9 Å². The lowest BCUT2D eigenvalue weighted by Crippen LogP contribution is -2.51. The molecule has 32 heavy (non-hydrogen) atoms. The molecule has 1 aliphatic carbocycles. The van der Waals surface area contributed by atoms with E-state index in [1.807, 2.05) is 18.2 Å². The van der Waals surface area contributed by atoms with E-state index in [2.05, 4.69) is 34.5 Å².